The van der Waals surface area contributed by atoms with Crippen molar-refractivity contribution in [2.75, 3.05) is 18.0 Å². The molecule has 0 aliphatic heterocycles. The van der Waals surface area contributed by atoms with Gasteiger partial charge in [0.1, 0.15) is 18.3 Å². The zero-order valence-corrected chi connectivity index (χ0v) is 29.0. The number of nitrogens with zero attached hydrogens (tertiary/aromatic N) is 2. The largest absolute Gasteiger partial charge is 0.495 e. The highest BCUT2D eigenvalue weighted by molar-refractivity contribution is 7.92. The van der Waals surface area contributed by atoms with Crippen molar-refractivity contribution in [2.45, 2.75) is 76.4 Å². The van der Waals surface area contributed by atoms with Crippen LogP contribution in [0, 0.1) is 20.8 Å². The van der Waals surface area contributed by atoms with Gasteiger partial charge in [0.2, 0.25) is 11.8 Å². The number of anilines is 1. The Morgan fingerprint density at radius 2 is 1.42 bits per heavy atom. The Labute approximate surface area is 284 Å². The number of carbonyl (C=O) groups excluding carboxylic acids is 2. The Morgan fingerprint density at radius 1 is 0.812 bits per heavy atom. The maximum Gasteiger partial charge on any atom is 0.264 e. The number of hydrogen-bond acceptors (Lipinski definition) is 5. The fourth-order valence-electron chi connectivity index (χ4n) is 6.16. The number of ether oxygens (including phenoxy) is 1. The molecule has 2 amide bonds. The van der Waals surface area contributed by atoms with Crippen LogP contribution in [0.2, 0.25) is 0 Å². The van der Waals surface area contributed by atoms with Gasteiger partial charge in [0.05, 0.1) is 17.7 Å². The van der Waals surface area contributed by atoms with Gasteiger partial charge in [-0.25, -0.2) is 8.42 Å². The Hall–Kier alpha value is -4.63. The molecule has 0 heterocycles. The van der Waals surface area contributed by atoms with E-state index in [1.54, 1.807) is 41.3 Å². The highest BCUT2D eigenvalue weighted by atomic mass is 32.2. The van der Waals surface area contributed by atoms with Gasteiger partial charge in [-0.15, -0.1) is 0 Å². The molecular weight excluding hydrogens is 623 g/mol. The summed E-state index contributed by atoms with van der Waals surface area (Å²) in [5, 5.41) is 3.22. The molecule has 1 aliphatic rings. The van der Waals surface area contributed by atoms with Gasteiger partial charge in [0.25, 0.3) is 10.0 Å². The van der Waals surface area contributed by atoms with Crippen LogP contribution in [-0.4, -0.2) is 50.9 Å². The Morgan fingerprint density at radius 3 is 2.04 bits per heavy atom. The van der Waals surface area contributed by atoms with Crippen LogP contribution >= 0.6 is 0 Å². The van der Waals surface area contributed by atoms with Gasteiger partial charge in [0.15, 0.2) is 0 Å². The van der Waals surface area contributed by atoms with Crippen LogP contribution in [-0.2, 0) is 32.6 Å². The monoisotopic (exact) mass is 667 g/mol. The van der Waals surface area contributed by atoms with Gasteiger partial charge < -0.3 is 15.0 Å². The van der Waals surface area contributed by atoms with Crippen molar-refractivity contribution in [2.24, 2.45) is 0 Å². The van der Waals surface area contributed by atoms with E-state index in [4.69, 9.17) is 4.74 Å². The summed E-state index contributed by atoms with van der Waals surface area (Å²) in [6, 6.07) is 28.4. The van der Waals surface area contributed by atoms with Gasteiger partial charge >= 0.3 is 0 Å². The summed E-state index contributed by atoms with van der Waals surface area (Å²) in [6.45, 7) is 5.31. The number of rotatable bonds is 13. The molecule has 1 saturated carbocycles. The number of hydrogen-bond donors (Lipinski definition) is 1. The van der Waals surface area contributed by atoms with E-state index in [0.717, 1.165) is 57.8 Å². The first-order valence-electron chi connectivity index (χ1n) is 16.5. The minimum atomic E-state index is -4.25. The lowest BCUT2D eigenvalue weighted by Crippen LogP contribution is -2.54. The zero-order valence-electron chi connectivity index (χ0n) is 28.2. The number of amides is 2. The van der Waals surface area contributed by atoms with E-state index < -0.39 is 28.5 Å². The molecule has 0 radical (unpaired) electrons. The topological polar surface area (TPSA) is 96.0 Å². The first-order chi connectivity index (χ1) is 23.0. The predicted octanol–water partition coefficient (Wildman–Crippen LogP) is 6.51. The number of aryl methyl sites for hydroxylation is 3. The molecule has 252 valence electrons. The van der Waals surface area contributed by atoms with Crippen molar-refractivity contribution in [3.05, 3.63) is 125 Å². The van der Waals surface area contributed by atoms with Gasteiger partial charge in [-0.3, -0.25) is 13.9 Å². The van der Waals surface area contributed by atoms with Crippen molar-refractivity contribution < 1.29 is 22.7 Å². The molecule has 0 bridgehead atoms. The van der Waals surface area contributed by atoms with Crippen LogP contribution in [0.15, 0.2) is 102 Å². The van der Waals surface area contributed by atoms with Crippen molar-refractivity contribution >= 4 is 27.5 Å². The van der Waals surface area contributed by atoms with E-state index in [-0.39, 0.29) is 35.5 Å². The minimum absolute atomic E-state index is 0.0436. The molecule has 1 fully saturated rings. The van der Waals surface area contributed by atoms with Crippen LogP contribution in [0.5, 0.6) is 5.75 Å². The highest BCUT2D eigenvalue weighted by Gasteiger charge is 2.36. The van der Waals surface area contributed by atoms with Gasteiger partial charge in [0, 0.05) is 19.0 Å². The van der Waals surface area contributed by atoms with Crippen LogP contribution in [0.4, 0.5) is 5.69 Å². The van der Waals surface area contributed by atoms with Crippen molar-refractivity contribution in [3.8, 4) is 5.75 Å². The molecule has 8 nitrogen and oxygen atoms in total. The molecule has 0 aromatic heterocycles. The fraction of sp³-hybridized carbons (Fsp3) is 0.333. The average molecular weight is 668 g/mol. The lowest BCUT2D eigenvalue weighted by atomic mass is 10.0. The Kier molecular flexibility index (Phi) is 11.2. The van der Waals surface area contributed by atoms with Crippen LogP contribution in [0.25, 0.3) is 0 Å². The van der Waals surface area contributed by atoms with Gasteiger partial charge in [-0.1, -0.05) is 96.8 Å². The molecule has 48 heavy (non-hydrogen) atoms. The van der Waals surface area contributed by atoms with Gasteiger partial charge in [-0.2, -0.15) is 0 Å². The molecule has 4 aromatic carbocycles. The zero-order chi connectivity index (χ0) is 34.3. The SMILES string of the molecule is COc1ccc(C)cc1N(CC(=O)N(Cc1ccc(C)cc1)C(Cc1ccccc1)C(=O)NC1CCCC1)S(=O)(=O)c1ccc(C)cc1. The minimum Gasteiger partial charge on any atom is -0.495 e. The number of carbonyl (C=O) groups is 2. The maximum atomic E-state index is 14.8. The molecule has 0 saturated heterocycles. The lowest BCUT2D eigenvalue weighted by molar-refractivity contribution is -0.140. The third-order valence-electron chi connectivity index (χ3n) is 8.94. The van der Waals surface area contributed by atoms with E-state index in [2.05, 4.69) is 5.32 Å². The summed E-state index contributed by atoms with van der Waals surface area (Å²) in [7, 11) is -2.77. The Balaban J connectivity index is 1.60. The van der Waals surface area contributed by atoms with Crippen molar-refractivity contribution in [1.82, 2.24) is 10.2 Å². The standard InChI is InChI=1S/C39H45N3O5S/c1-28-14-19-32(20-15-28)26-41(36(25-31-10-6-5-7-11-31)39(44)40-33-12-8-9-13-33)38(43)27-42(35-24-30(3)18-23-37(35)47-4)48(45,46)34-21-16-29(2)17-22-34/h5-7,10-11,14-24,33,36H,8-9,12-13,25-27H2,1-4H3,(H,40,44). The molecule has 9 heteroatoms. The quantitative estimate of drug-likeness (QED) is 0.175. The summed E-state index contributed by atoms with van der Waals surface area (Å²) in [4.78, 5) is 30.6. The normalized spacial score (nSPS) is 13.9. The summed E-state index contributed by atoms with van der Waals surface area (Å²) in [5.74, 6) is -0.432. The van der Waals surface area contributed by atoms with Crippen LogP contribution in [0.3, 0.4) is 0 Å². The summed E-state index contributed by atoms with van der Waals surface area (Å²) in [5.41, 5.74) is 4.76. The molecule has 1 N–H and O–H groups in total. The van der Waals surface area contributed by atoms with Crippen LogP contribution in [0.1, 0.15) is 53.5 Å². The molecule has 5 rings (SSSR count). The first kappa shape index (κ1) is 34.7. The number of sulfonamides is 1. The van der Waals surface area contributed by atoms with E-state index >= 15 is 0 Å². The van der Waals surface area contributed by atoms with E-state index in [1.165, 1.54) is 7.11 Å². The van der Waals surface area contributed by atoms with E-state index in [1.807, 2.05) is 81.4 Å². The number of nitrogens with one attached hydrogen (secondary N) is 1. The van der Waals surface area contributed by atoms with E-state index in [9.17, 15) is 18.0 Å². The molecule has 1 atom stereocenters. The molecular formula is C39H45N3O5S. The number of methoxy groups -OCH3 is 1. The molecule has 1 aliphatic carbocycles. The predicted molar refractivity (Wildman–Crippen MR) is 190 cm³/mol. The smallest absolute Gasteiger partial charge is 0.264 e. The van der Waals surface area contributed by atoms with Crippen molar-refractivity contribution in [3.63, 3.8) is 0 Å². The van der Waals surface area contributed by atoms with Crippen LogP contribution < -0.4 is 14.4 Å². The second-order valence-corrected chi connectivity index (χ2v) is 14.6. The summed E-state index contributed by atoms with van der Waals surface area (Å²) >= 11 is 0. The van der Waals surface area contributed by atoms with Crippen molar-refractivity contribution in [1.29, 1.82) is 0 Å². The maximum absolute atomic E-state index is 14.8. The van der Waals surface area contributed by atoms with E-state index in [0.29, 0.717) is 5.75 Å². The number of benzene rings is 4. The summed E-state index contributed by atoms with van der Waals surface area (Å²) < 4.78 is 35.6. The second-order valence-electron chi connectivity index (χ2n) is 12.7. The molecule has 0 spiro atoms. The Bertz CT molecular complexity index is 1800. The third-order valence-corrected chi connectivity index (χ3v) is 10.7. The first-order valence-corrected chi connectivity index (χ1v) is 17.9. The third kappa shape index (κ3) is 8.44. The fourth-order valence-corrected chi connectivity index (χ4v) is 7.57. The average Bonchev–Trinajstić information content (AvgIpc) is 3.59. The van der Waals surface area contributed by atoms with Gasteiger partial charge in [-0.05, 0) is 74.6 Å². The summed E-state index contributed by atoms with van der Waals surface area (Å²) in [6.07, 6.45) is 4.15. The lowest BCUT2D eigenvalue weighted by Gasteiger charge is -2.34. The highest BCUT2D eigenvalue weighted by Crippen LogP contribution is 2.34. The molecule has 1 unspecified atom stereocenters. The molecule has 4 aromatic rings. The second kappa shape index (κ2) is 15.5.